The maximum atomic E-state index is 13.8. The van der Waals surface area contributed by atoms with E-state index >= 15 is 0 Å². The number of ether oxygens (including phenoxy) is 6. The van der Waals surface area contributed by atoms with Crippen LogP contribution in [0.2, 0.25) is 0 Å². The third-order valence-corrected chi connectivity index (χ3v) is 16.5. The van der Waals surface area contributed by atoms with Crippen molar-refractivity contribution in [3.05, 3.63) is 142 Å². The predicted molar refractivity (Wildman–Crippen MR) is 376 cm³/mol. The topological polar surface area (TPSA) is 322 Å². The molecule has 0 aliphatic carbocycles. The van der Waals surface area contributed by atoms with Gasteiger partial charge in [-0.3, -0.25) is 28.9 Å². The van der Waals surface area contributed by atoms with E-state index in [-0.39, 0.29) is 95.6 Å². The van der Waals surface area contributed by atoms with Gasteiger partial charge in [-0.25, -0.2) is 19.6 Å². The van der Waals surface area contributed by atoms with Crippen LogP contribution in [0.4, 0.5) is 26.8 Å². The van der Waals surface area contributed by atoms with Crippen molar-refractivity contribution in [2.24, 2.45) is 11.7 Å². The minimum absolute atomic E-state index is 0.0125. The Hall–Kier alpha value is -9.65. The molecule has 6 aromatic rings. The number of nitrogens with zero attached hydrogens (tertiary/aromatic N) is 5. The summed E-state index contributed by atoms with van der Waals surface area (Å²) in [7, 11) is 1.68. The van der Waals surface area contributed by atoms with Crippen molar-refractivity contribution < 1.29 is 62.0 Å². The van der Waals surface area contributed by atoms with Gasteiger partial charge in [0.2, 0.25) is 29.5 Å². The van der Waals surface area contributed by atoms with E-state index in [1.165, 1.54) is 0 Å². The highest BCUT2D eigenvalue weighted by Gasteiger charge is 2.31. The van der Waals surface area contributed by atoms with Crippen LogP contribution in [0, 0.1) is 24.7 Å². The zero-order valence-electron chi connectivity index (χ0n) is 57.4. The molecule has 2 aliphatic heterocycles. The highest BCUT2D eigenvalue weighted by molar-refractivity contribution is 5.99. The van der Waals surface area contributed by atoms with Crippen molar-refractivity contribution in [2.75, 3.05) is 108 Å². The van der Waals surface area contributed by atoms with Crippen molar-refractivity contribution in [1.29, 1.82) is 0 Å². The molecular formula is C73H95N13O13. The van der Waals surface area contributed by atoms with E-state index in [1.54, 1.807) is 50.1 Å². The summed E-state index contributed by atoms with van der Waals surface area (Å²) < 4.78 is 35.9. The molecular weight excluding hydrogens is 1270 g/mol. The smallest absolute Gasteiger partial charge is 0.407 e. The number of rotatable bonds is 41. The highest BCUT2D eigenvalue weighted by Crippen LogP contribution is 2.29. The number of aromatic nitrogens is 3. The van der Waals surface area contributed by atoms with E-state index in [4.69, 9.17) is 39.1 Å². The lowest BCUT2D eigenvalue weighted by atomic mass is 10.0. The average molecular weight is 1360 g/mol. The van der Waals surface area contributed by atoms with E-state index in [2.05, 4.69) is 88.6 Å². The molecule has 0 bridgehead atoms. The van der Waals surface area contributed by atoms with Crippen LogP contribution in [-0.4, -0.2) is 172 Å². The minimum Gasteiger partial charge on any atom is -0.496 e. The van der Waals surface area contributed by atoms with Gasteiger partial charge in [-0.2, -0.15) is 0 Å². The van der Waals surface area contributed by atoms with E-state index in [0.29, 0.717) is 76.8 Å². The molecule has 0 radical (unpaired) electrons. The van der Waals surface area contributed by atoms with Gasteiger partial charge in [0.05, 0.1) is 90.3 Å². The molecule has 4 heterocycles. The normalized spacial score (nSPS) is 13.3. The summed E-state index contributed by atoms with van der Waals surface area (Å²) >= 11 is 0. The van der Waals surface area contributed by atoms with Gasteiger partial charge in [0.15, 0.2) is 5.82 Å². The standard InChI is InChI=1S/C73H95N13O13/c1-6-7-12-31-76-69-68-60(78-51(4)79-69)29-34-85(68)45-57-22-19-53(43-63(57)94-5)44-84-47-59(48-84)81-73(93)99-49-52-20-25-58(26-21-52)80-70(90)61(17-13-32-77-72(74)92)82-71(91)67(50(2)3)83-65(88)30-35-95-37-39-97-41-42-98-40-38-96-36-33-75-64(87)27-28-66(89)86-46-56-16-9-8-14-54(56)23-24-55-15-10-11-18-62(55)86/h8-11,14-16,18-22,25-26,29,34,43,50,59,61,67H,6-7,12-13,17,27-28,30-33,35-42,44-49H2,1-5H3,(H,75,87)(H,80,90)(H,81,93)(H,82,91)(H,83,88)(H3,74,77,92)(H,76,78,79)/t61-,67-/m0/s1. The molecule has 2 aromatic heterocycles. The molecule has 26 heteroatoms. The lowest BCUT2D eigenvalue weighted by molar-refractivity contribution is -0.132. The maximum absolute atomic E-state index is 13.8. The summed E-state index contributed by atoms with van der Waals surface area (Å²) in [5, 5.41) is 20.2. The zero-order chi connectivity index (χ0) is 70.3. The number of nitrogens with one attached hydrogen (secondary N) is 7. The predicted octanol–water partition coefficient (Wildman–Crippen LogP) is 6.82. The number of likely N-dealkylation sites (tertiary alicyclic amines) is 1. The van der Waals surface area contributed by atoms with Crippen LogP contribution in [0.1, 0.15) is 111 Å². The van der Waals surface area contributed by atoms with Crippen LogP contribution in [0.25, 0.3) is 11.0 Å². The Morgan fingerprint density at radius 2 is 1.38 bits per heavy atom. The SMILES string of the molecule is CCCCCNc1nc(C)nc2ccn(Cc3ccc(CN4CC(NC(=O)OCc5ccc(NC(=O)[C@H](CCCNC(N)=O)NC(=O)[C@@H](NC(=O)CCOCCOCCOCCOCCNC(=O)CCC(=O)N6Cc7ccccc7C#Cc7ccccc76)C(C)C)cc5)C4)cc3OC)c12. The van der Waals surface area contributed by atoms with E-state index in [1.807, 2.05) is 67.7 Å². The molecule has 8 amide bonds. The molecule has 1 fully saturated rings. The monoisotopic (exact) mass is 1360 g/mol. The number of unbranched alkanes of at least 4 members (excludes halogenated alkanes) is 2. The Labute approximate surface area is 578 Å². The molecule has 9 N–H and O–H groups in total. The molecule has 1 saturated heterocycles. The second-order valence-electron chi connectivity index (χ2n) is 24.6. The zero-order valence-corrected chi connectivity index (χ0v) is 57.4. The lowest BCUT2D eigenvalue weighted by Crippen LogP contribution is -2.58. The quantitative estimate of drug-likeness (QED) is 0.0144. The number of urea groups is 1. The summed E-state index contributed by atoms with van der Waals surface area (Å²) in [6.07, 6.45) is 5.34. The molecule has 0 unspecified atom stereocenters. The highest BCUT2D eigenvalue weighted by atomic mass is 16.6. The van der Waals surface area contributed by atoms with Gasteiger partial charge in [-0.1, -0.05) is 100 Å². The second kappa shape index (κ2) is 39.7. The molecule has 0 saturated carbocycles. The first kappa shape index (κ1) is 75.1. The number of primary amides is 1. The fourth-order valence-electron chi connectivity index (χ4n) is 11.2. The summed E-state index contributed by atoms with van der Waals surface area (Å²) in [6, 6.07) is 27.4. The Bertz CT molecular complexity index is 3720. The number of aryl methyl sites for hydroxylation is 1. The Kier molecular flexibility index (Phi) is 30.1. The van der Waals surface area contributed by atoms with Crippen LogP contribution < -0.4 is 52.6 Å². The number of hydrogen-bond acceptors (Lipinski definition) is 17. The molecule has 0 spiro atoms. The third-order valence-electron chi connectivity index (χ3n) is 16.5. The fraction of sp³-hybridized carbons (Fsp3) is 0.466. The number of methoxy groups -OCH3 is 1. The van der Waals surface area contributed by atoms with Gasteiger partial charge < -0.3 is 80.8 Å². The first-order valence-electron chi connectivity index (χ1n) is 34.0. The van der Waals surface area contributed by atoms with Crippen molar-refractivity contribution in [3.8, 4) is 17.6 Å². The molecule has 2 atom stereocenters. The molecule has 4 aromatic carbocycles. The van der Waals surface area contributed by atoms with Gasteiger partial charge in [-0.05, 0) is 91.3 Å². The first-order valence-corrected chi connectivity index (χ1v) is 34.0. The number of carbonyl (C=O) groups is 7. The molecule has 26 nitrogen and oxygen atoms in total. The largest absolute Gasteiger partial charge is 0.496 e. The van der Waals surface area contributed by atoms with Crippen molar-refractivity contribution >= 4 is 69.9 Å². The Morgan fingerprint density at radius 1 is 0.687 bits per heavy atom. The number of nitrogens with two attached hydrogens (primary N) is 1. The van der Waals surface area contributed by atoms with E-state index in [9.17, 15) is 33.6 Å². The van der Waals surface area contributed by atoms with Crippen LogP contribution in [-0.2, 0) is 73.9 Å². The maximum Gasteiger partial charge on any atom is 0.407 e. The summed E-state index contributed by atoms with van der Waals surface area (Å²) in [6.45, 7) is 13.9. The summed E-state index contributed by atoms with van der Waals surface area (Å²) in [5.74, 6) is 6.46. The molecule has 8 rings (SSSR count). The lowest BCUT2D eigenvalue weighted by Gasteiger charge is -2.39. The number of carbonyl (C=O) groups excluding carboxylic acids is 7. The Balaban J connectivity index is 0.660. The van der Waals surface area contributed by atoms with Gasteiger partial charge in [-0.15, -0.1) is 0 Å². The van der Waals surface area contributed by atoms with Gasteiger partial charge >= 0.3 is 12.1 Å². The van der Waals surface area contributed by atoms with Crippen LogP contribution in [0.15, 0.2) is 103 Å². The number of hydrogen-bond donors (Lipinski definition) is 8. The molecule has 2 aliphatic rings. The van der Waals surface area contributed by atoms with Crippen molar-refractivity contribution in [3.63, 3.8) is 0 Å². The van der Waals surface area contributed by atoms with E-state index < -0.39 is 41.9 Å². The number of para-hydroxylation sites is 1. The number of benzene rings is 4. The van der Waals surface area contributed by atoms with Gasteiger partial charge in [0.25, 0.3) is 0 Å². The number of fused-ring (bicyclic) bond motifs is 3. The van der Waals surface area contributed by atoms with Crippen molar-refractivity contribution in [2.45, 2.75) is 123 Å². The second-order valence-corrected chi connectivity index (χ2v) is 24.6. The van der Waals surface area contributed by atoms with Crippen LogP contribution >= 0.6 is 0 Å². The van der Waals surface area contributed by atoms with Gasteiger partial charge in [0, 0.05) is 87.1 Å². The van der Waals surface area contributed by atoms with Crippen LogP contribution in [0.5, 0.6) is 5.75 Å². The first-order chi connectivity index (χ1) is 48.0. The Morgan fingerprint density at radius 3 is 2.11 bits per heavy atom. The number of alkyl carbamates (subject to hydrolysis) is 1. The molecule has 530 valence electrons. The van der Waals surface area contributed by atoms with Gasteiger partial charge in [0.1, 0.15) is 35.8 Å². The number of amides is 8. The van der Waals surface area contributed by atoms with Crippen LogP contribution in [0.3, 0.4) is 0 Å². The third kappa shape index (κ3) is 24.4. The summed E-state index contributed by atoms with van der Waals surface area (Å²) in [5.41, 5.74) is 13.6. The minimum atomic E-state index is -1.05. The van der Waals surface area contributed by atoms with Crippen molar-refractivity contribution in [1.82, 2.24) is 46.0 Å². The average Bonchev–Trinajstić information content (AvgIpc) is 1.71. The number of anilines is 3. The molecule has 99 heavy (non-hydrogen) atoms. The van der Waals surface area contributed by atoms with E-state index in [0.717, 1.165) is 87.7 Å². The summed E-state index contributed by atoms with van der Waals surface area (Å²) in [4.78, 5) is 104. The fourth-order valence-corrected chi connectivity index (χ4v) is 11.2.